The Hall–Kier alpha value is -0.450. The molecule has 0 aliphatic rings. The zero-order valence-corrected chi connectivity index (χ0v) is 11.9. The van der Waals surface area contributed by atoms with Gasteiger partial charge in [-0.05, 0) is 26.8 Å². The molecule has 1 aromatic heterocycles. The van der Waals surface area contributed by atoms with Gasteiger partial charge in [0, 0.05) is 18.5 Å². The molecule has 4 heteroatoms. The molecule has 0 aliphatic heterocycles. The van der Waals surface area contributed by atoms with Crippen molar-refractivity contribution in [1.82, 2.24) is 10.3 Å². The molecule has 0 aliphatic carbocycles. The van der Waals surface area contributed by atoms with Gasteiger partial charge in [0.15, 0.2) is 0 Å². The summed E-state index contributed by atoms with van der Waals surface area (Å²) < 4.78 is 5.48. The van der Waals surface area contributed by atoms with Crippen LogP contribution in [0.1, 0.15) is 49.2 Å². The van der Waals surface area contributed by atoms with Gasteiger partial charge in [0.05, 0.1) is 5.69 Å². The maximum Gasteiger partial charge on any atom is 0.125 e. The zero-order valence-electron chi connectivity index (χ0n) is 11.0. The SMILES string of the molecule is CNCc1sc(C(C)(C)OC)nc1C(C)C. The highest BCUT2D eigenvalue weighted by Crippen LogP contribution is 2.33. The monoisotopic (exact) mass is 242 g/mol. The van der Waals surface area contributed by atoms with Crippen LogP contribution in [0.4, 0.5) is 0 Å². The van der Waals surface area contributed by atoms with Crippen LogP contribution in [0.15, 0.2) is 0 Å². The number of hydrogen-bond donors (Lipinski definition) is 1. The van der Waals surface area contributed by atoms with E-state index in [1.807, 2.05) is 7.05 Å². The average Bonchev–Trinajstić information content (AvgIpc) is 2.63. The molecule has 1 N–H and O–H groups in total. The Kier molecular flexibility index (Phi) is 4.47. The zero-order chi connectivity index (χ0) is 12.3. The smallest absolute Gasteiger partial charge is 0.125 e. The summed E-state index contributed by atoms with van der Waals surface area (Å²) in [5, 5.41) is 4.25. The van der Waals surface area contributed by atoms with Gasteiger partial charge in [-0.1, -0.05) is 13.8 Å². The molecular weight excluding hydrogens is 220 g/mol. The van der Waals surface area contributed by atoms with Crippen LogP contribution >= 0.6 is 11.3 Å². The van der Waals surface area contributed by atoms with E-state index in [1.165, 1.54) is 10.6 Å². The predicted octanol–water partition coefficient (Wildman–Crippen LogP) is 2.87. The Balaban J connectivity index is 3.10. The Bertz CT molecular complexity index is 345. The topological polar surface area (TPSA) is 34.1 Å². The normalized spacial score (nSPS) is 12.4. The first-order valence-electron chi connectivity index (χ1n) is 5.62. The number of thiazole rings is 1. The second kappa shape index (κ2) is 5.25. The molecule has 0 saturated heterocycles. The van der Waals surface area contributed by atoms with E-state index in [1.54, 1.807) is 18.4 Å². The fourth-order valence-electron chi connectivity index (χ4n) is 1.45. The largest absolute Gasteiger partial charge is 0.372 e. The molecule has 0 radical (unpaired) electrons. The van der Waals surface area contributed by atoms with Crippen molar-refractivity contribution in [2.75, 3.05) is 14.2 Å². The number of methoxy groups -OCH3 is 1. The van der Waals surface area contributed by atoms with E-state index in [2.05, 4.69) is 33.0 Å². The van der Waals surface area contributed by atoms with E-state index >= 15 is 0 Å². The molecule has 92 valence electrons. The molecule has 1 rings (SSSR count). The lowest BCUT2D eigenvalue weighted by Gasteiger charge is -2.19. The molecule has 0 unspecified atom stereocenters. The van der Waals surface area contributed by atoms with Gasteiger partial charge >= 0.3 is 0 Å². The maximum absolute atomic E-state index is 5.48. The Morgan fingerprint density at radius 1 is 1.44 bits per heavy atom. The van der Waals surface area contributed by atoms with E-state index in [0.29, 0.717) is 5.92 Å². The molecule has 3 nitrogen and oxygen atoms in total. The average molecular weight is 242 g/mol. The fourth-order valence-corrected chi connectivity index (χ4v) is 2.76. The third-order valence-corrected chi connectivity index (χ3v) is 4.01. The first-order valence-corrected chi connectivity index (χ1v) is 6.43. The van der Waals surface area contributed by atoms with Crippen LogP contribution in [0.3, 0.4) is 0 Å². The van der Waals surface area contributed by atoms with E-state index in [-0.39, 0.29) is 5.60 Å². The molecule has 0 amide bonds. The molecule has 16 heavy (non-hydrogen) atoms. The summed E-state index contributed by atoms with van der Waals surface area (Å²) in [6.07, 6.45) is 0. The van der Waals surface area contributed by atoms with E-state index < -0.39 is 0 Å². The number of rotatable bonds is 5. The highest BCUT2D eigenvalue weighted by atomic mass is 32.1. The summed E-state index contributed by atoms with van der Waals surface area (Å²) in [6, 6.07) is 0. The van der Waals surface area contributed by atoms with Crippen LogP contribution in [0.2, 0.25) is 0 Å². The molecule has 1 aromatic rings. The van der Waals surface area contributed by atoms with E-state index in [4.69, 9.17) is 9.72 Å². The Morgan fingerprint density at radius 2 is 2.06 bits per heavy atom. The maximum atomic E-state index is 5.48. The number of aromatic nitrogens is 1. The third-order valence-electron chi connectivity index (χ3n) is 2.64. The van der Waals surface area contributed by atoms with Crippen molar-refractivity contribution in [3.05, 3.63) is 15.6 Å². The van der Waals surface area contributed by atoms with Crippen LogP contribution in [-0.4, -0.2) is 19.1 Å². The van der Waals surface area contributed by atoms with Crippen molar-refractivity contribution in [1.29, 1.82) is 0 Å². The van der Waals surface area contributed by atoms with Gasteiger partial charge in [0.2, 0.25) is 0 Å². The van der Waals surface area contributed by atoms with Crippen molar-refractivity contribution in [3.63, 3.8) is 0 Å². The summed E-state index contributed by atoms with van der Waals surface area (Å²) >= 11 is 1.75. The Morgan fingerprint density at radius 3 is 2.50 bits per heavy atom. The minimum Gasteiger partial charge on any atom is -0.372 e. The highest BCUT2D eigenvalue weighted by molar-refractivity contribution is 7.11. The van der Waals surface area contributed by atoms with Gasteiger partial charge in [-0.15, -0.1) is 11.3 Å². The third kappa shape index (κ3) is 2.81. The first-order chi connectivity index (χ1) is 7.42. The van der Waals surface area contributed by atoms with Gasteiger partial charge < -0.3 is 10.1 Å². The lowest BCUT2D eigenvalue weighted by Crippen LogP contribution is -2.19. The Labute approximate surface area is 102 Å². The fraction of sp³-hybridized carbons (Fsp3) is 0.750. The summed E-state index contributed by atoms with van der Waals surface area (Å²) in [5.41, 5.74) is 0.903. The second-order valence-corrected chi connectivity index (χ2v) is 5.81. The lowest BCUT2D eigenvalue weighted by molar-refractivity contribution is 0.0189. The van der Waals surface area contributed by atoms with Crippen molar-refractivity contribution in [2.45, 2.75) is 45.8 Å². The van der Waals surface area contributed by atoms with E-state index in [9.17, 15) is 0 Å². The number of nitrogens with zero attached hydrogens (tertiary/aromatic N) is 1. The highest BCUT2D eigenvalue weighted by Gasteiger charge is 2.26. The summed E-state index contributed by atoms with van der Waals surface area (Å²) in [4.78, 5) is 6.04. The van der Waals surface area contributed by atoms with Crippen LogP contribution in [0.25, 0.3) is 0 Å². The van der Waals surface area contributed by atoms with Gasteiger partial charge in [-0.25, -0.2) is 4.98 Å². The molecule has 0 bridgehead atoms. The molecular formula is C12H22N2OS. The van der Waals surface area contributed by atoms with Gasteiger partial charge in [0.25, 0.3) is 0 Å². The number of hydrogen-bond acceptors (Lipinski definition) is 4. The number of nitrogens with one attached hydrogen (secondary N) is 1. The van der Waals surface area contributed by atoms with Gasteiger partial charge in [-0.3, -0.25) is 0 Å². The molecule has 1 heterocycles. The molecule has 0 atom stereocenters. The standard InChI is InChI=1S/C12H22N2OS/c1-8(2)10-9(7-13-5)16-11(14-10)12(3,4)15-6/h8,13H,7H2,1-6H3. The van der Waals surface area contributed by atoms with Gasteiger partial charge in [-0.2, -0.15) is 0 Å². The second-order valence-electron chi connectivity index (χ2n) is 4.73. The lowest BCUT2D eigenvalue weighted by atomic mass is 10.1. The summed E-state index contributed by atoms with van der Waals surface area (Å²) in [6.45, 7) is 9.35. The van der Waals surface area contributed by atoms with Crippen molar-refractivity contribution in [2.24, 2.45) is 0 Å². The minimum atomic E-state index is -0.291. The quantitative estimate of drug-likeness (QED) is 0.862. The van der Waals surface area contributed by atoms with Gasteiger partial charge in [0.1, 0.15) is 10.6 Å². The predicted molar refractivity (Wildman–Crippen MR) is 69.0 cm³/mol. The molecule has 0 saturated carbocycles. The van der Waals surface area contributed by atoms with Crippen molar-refractivity contribution in [3.8, 4) is 0 Å². The van der Waals surface area contributed by atoms with E-state index in [0.717, 1.165) is 11.6 Å². The van der Waals surface area contributed by atoms with Crippen LogP contribution in [0, 0.1) is 0 Å². The molecule has 0 fully saturated rings. The van der Waals surface area contributed by atoms with Crippen molar-refractivity contribution < 1.29 is 4.74 Å². The minimum absolute atomic E-state index is 0.291. The summed E-state index contributed by atoms with van der Waals surface area (Å²) in [5.74, 6) is 0.459. The first kappa shape index (κ1) is 13.6. The van der Waals surface area contributed by atoms with Crippen LogP contribution in [-0.2, 0) is 16.9 Å². The number of ether oxygens (including phenoxy) is 1. The summed E-state index contributed by atoms with van der Waals surface area (Å²) in [7, 11) is 3.69. The van der Waals surface area contributed by atoms with Crippen LogP contribution < -0.4 is 5.32 Å². The molecule has 0 spiro atoms. The van der Waals surface area contributed by atoms with Crippen LogP contribution in [0.5, 0.6) is 0 Å². The van der Waals surface area contributed by atoms with Crippen molar-refractivity contribution >= 4 is 11.3 Å². The molecule has 0 aromatic carbocycles.